The molecule has 1 aliphatic heterocycles. The number of nitrogens with one attached hydrogen (secondary N) is 2. The lowest BCUT2D eigenvalue weighted by molar-refractivity contribution is -0.124. The van der Waals surface area contributed by atoms with Crippen LogP contribution in [0.5, 0.6) is 0 Å². The van der Waals surface area contributed by atoms with E-state index in [2.05, 4.69) is 15.7 Å². The lowest BCUT2D eigenvalue weighted by Crippen LogP contribution is -2.31. The largest absolute Gasteiger partial charge is 0.352 e. The van der Waals surface area contributed by atoms with Gasteiger partial charge in [0.1, 0.15) is 0 Å². The summed E-state index contributed by atoms with van der Waals surface area (Å²) in [5.74, 6) is 0.283. The zero-order valence-electron chi connectivity index (χ0n) is 9.27. The highest BCUT2D eigenvalue weighted by Crippen LogP contribution is 2.07. The van der Waals surface area contributed by atoms with Crippen molar-refractivity contribution in [1.29, 1.82) is 0 Å². The van der Waals surface area contributed by atoms with Crippen molar-refractivity contribution in [3.05, 3.63) is 18.0 Å². The fourth-order valence-corrected chi connectivity index (χ4v) is 1.78. The second-order valence-electron chi connectivity index (χ2n) is 3.93. The third-order valence-electron chi connectivity index (χ3n) is 2.66. The molecule has 0 aliphatic carbocycles. The lowest BCUT2D eigenvalue weighted by atomic mass is 10.1. The van der Waals surface area contributed by atoms with Crippen LogP contribution in [0.15, 0.2) is 12.4 Å². The Labute approximate surface area is 101 Å². The number of rotatable bonds is 3. The predicted octanol–water partition coefficient (Wildman–Crippen LogP) is 0.0676. The van der Waals surface area contributed by atoms with Crippen LogP contribution in [0.25, 0.3) is 0 Å². The standard InChI is InChI=1S/C10H16N4O.ClH/c1-14-7-8(5-13-14)4-12-10(15)9-2-3-11-6-9;/h5,7,9,11H,2-4,6H2,1H3,(H,12,15);1H. The van der Waals surface area contributed by atoms with Gasteiger partial charge in [-0.05, 0) is 13.0 Å². The SMILES string of the molecule is Cl.Cn1cc(CNC(=O)C2CCNC2)cn1. The third-order valence-corrected chi connectivity index (χ3v) is 2.66. The molecule has 5 nitrogen and oxygen atoms in total. The van der Waals surface area contributed by atoms with Crippen molar-refractivity contribution < 1.29 is 4.79 Å². The molecule has 2 N–H and O–H groups in total. The van der Waals surface area contributed by atoms with E-state index in [9.17, 15) is 4.79 Å². The number of aromatic nitrogens is 2. The number of amides is 1. The van der Waals surface area contributed by atoms with Crippen LogP contribution >= 0.6 is 12.4 Å². The molecular formula is C10H17ClN4O. The molecule has 1 aromatic rings. The lowest BCUT2D eigenvalue weighted by Gasteiger charge is -2.08. The summed E-state index contributed by atoms with van der Waals surface area (Å²) in [6, 6.07) is 0. The summed E-state index contributed by atoms with van der Waals surface area (Å²) in [4.78, 5) is 11.6. The molecule has 0 bridgehead atoms. The Balaban J connectivity index is 0.00000128. The van der Waals surface area contributed by atoms with E-state index in [0.717, 1.165) is 25.1 Å². The molecule has 0 saturated carbocycles. The highest BCUT2D eigenvalue weighted by Gasteiger charge is 2.21. The van der Waals surface area contributed by atoms with Crippen LogP contribution in [-0.2, 0) is 18.4 Å². The second-order valence-corrected chi connectivity index (χ2v) is 3.93. The van der Waals surface area contributed by atoms with Crippen LogP contribution in [0.4, 0.5) is 0 Å². The number of carbonyl (C=O) groups is 1. The van der Waals surface area contributed by atoms with Gasteiger partial charge < -0.3 is 10.6 Å². The van der Waals surface area contributed by atoms with Crippen molar-refractivity contribution in [3.63, 3.8) is 0 Å². The Morgan fingerprint density at radius 2 is 2.56 bits per heavy atom. The maximum absolute atomic E-state index is 11.6. The summed E-state index contributed by atoms with van der Waals surface area (Å²) in [6.45, 7) is 2.33. The van der Waals surface area contributed by atoms with E-state index in [4.69, 9.17) is 0 Å². The first-order valence-corrected chi connectivity index (χ1v) is 5.21. The van der Waals surface area contributed by atoms with Crippen molar-refractivity contribution >= 4 is 18.3 Å². The molecule has 1 aromatic heterocycles. The van der Waals surface area contributed by atoms with Crippen LogP contribution in [0, 0.1) is 5.92 Å². The highest BCUT2D eigenvalue weighted by molar-refractivity contribution is 5.85. The van der Waals surface area contributed by atoms with E-state index in [1.807, 2.05) is 13.2 Å². The molecule has 1 atom stereocenters. The maximum Gasteiger partial charge on any atom is 0.224 e. The van der Waals surface area contributed by atoms with Crippen LogP contribution in [0.1, 0.15) is 12.0 Å². The van der Waals surface area contributed by atoms with Crippen molar-refractivity contribution in [2.75, 3.05) is 13.1 Å². The van der Waals surface area contributed by atoms with E-state index >= 15 is 0 Å². The Kier molecular flexibility index (Phi) is 4.76. The van der Waals surface area contributed by atoms with E-state index in [0.29, 0.717) is 6.54 Å². The van der Waals surface area contributed by atoms with Crippen molar-refractivity contribution in [1.82, 2.24) is 20.4 Å². The van der Waals surface area contributed by atoms with Gasteiger partial charge in [-0.3, -0.25) is 9.48 Å². The van der Waals surface area contributed by atoms with E-state index in [-0.39, 0.29) is 24.2 Å². The van der Waals surface area contributed by atoms with Gasteiger partial charge in [0, 0.05) is 31.9 Å². The molecule has 1 aliphatic rings. The molecule has 1 saturated heterocycles. The Morgan fingerprint density at radius 3 is 3.12 bits per heavy atom. The van der Waals surface area contributed by atoms with Crippen molar-refractivity contribution in [3.8, 4) is 0 Å². The van der Waals surface area contributed by atoms with Gasteiger partial charge in [-0.15, -0.1) is 12.4 Å². The van der Waals surface area contributed by atoms with Gasteiger partial charge in [0.2, 0.25) is 5.91 Å². The first-order chi connectivity index (χ1) is 7.25. The molecule has 1 fully saturated rings. The van der Waals surface area contributed by atoms with Gasteiger partial charge in [0.15, 0.2) is 0 Å². The van der Waals surface area contributed by atoms with E-state index in [1.54, 1.807) is 10.9 Å². The predicted molar refractivity (Wildman–Crippen MR) is 63.3 cm³/mol. The van der Waals surface area contributed by atoms with Crippen molar-refractivity contribution in [2.24, 2.45) is 13.0 Å². The van der Waals surface area contributed by atoms with Crippen LogP contribution in [0.3, 0.4) is 0 Å². The second kappa shape index (κ2) is 5.86. The van der Waals surface area contributed by atoms with Gasteiger partial charge >= 0.3 is 0 Å². The zero-order chi connectivity index (χ0) is 10.7. The third kappa shape index (κ3) is 3.21. The summed E-state index contributed by atoms with van der Waals surface area (Å²) in [6.07, 6.45) is 4.62. The normalized spacial score (nSPS) is 19.2. The number of aryl methyl sites for hydroxylation is 1. The maximum atomic E-state index is 11.6. The van der Waals surface area contributed by atoms with Crippen LogP contribution < -0.4 is 10.6 Å². The summed E-state index contributed by atoms with van der Waals surface area (Å²) in [5, 5.41) is 10.1. The van der Waals surface area contributed by atoms with Crippen LogP contribution in [-0.4, -0.2) is 28.8 Å². The number of nitrogens with zero attached hydrogens (tertiary/aromatic N) is 2. The fraction of sp³-hybridized carbons (Fsp3) is 0.600. The first kappa shape index (κ1) is 13.0. The van der Waals surface area contributed by atoms with E-state index < -0.39 is 0 Å². The summed E-state index contributed by atoms with van der Waals surface area (Å²) in [5.41, 5.74) is 1.04. The molecule has 0 radical (unpaired) electrons. The molecule has 0 spiro atoms. The zero-order valence-corrected chi connectivity index (χ0v) is 10.1. The number of hydrogen-bond acceptors (Lipinski definition) is 3. The summed E-state index contributed by atoms with van der Waals surface area (Å²) >= 11 is 0. The van der Waals surface area contributed by atoms with Crippen LogP contribution in [0.2, 0.25) is 0 Å². The molecule has 1 amide bonds. The molecule has 0 aromatic carbocycles. The molecule has 16 heavy (non-hydrogen) atoms. The Hall–Kier alpha value is -1.07. The molecule has 90 valence electrons. The molecule has 6 heteroatoms. The van der Waals surface area contributed by atoms with E-state index in [1.165, 1.54) is 0 Å². The molecule has 2 heterocycles. The minimum atomic E-state index is 0. The molecular weight excluding hydrogens is 228 g/mol. The summed E-state index contributed by atoms with van der Waals surface area (Å²) in [7, 11) is 1.87. The smallest absolute Gasteiger partial charge is 0.224 e. The number of halogens is 1. The highest BCUT2D eigenvalue weighted by atomic mass is 35.5. The van der Waals surface area contributed by atoms with Gasteiger partial charge in [0.25, 0.3) is 0 Å². The van der Waals surface area contributed by atoms with Gasteiger partial charge in [-0.25, -0.2) is 0 Å². The minimum absolute atomic E-state index is 0. The number of hydrogen-bond donors (Lipinski definition) is 2. The monoisotopic (exact) mass is 244 g/mol. The van der Waals surface area contributed by atoms with Gasteiger partial charge in [-0.2, -0.15) is 5.10 Å². The number of carbonyl (C=O) groups excluding carboxylic acids is 1. The minimum Gasteiger partial charge on any atom is -0.352 e. The topological polar surface area (TPSA) is 59.0 Å². The average molecular weight is 245 g/mol. The van der Waals surface area contributed by atoms with Crippen molar-refractivity contribution in [2.45, 2.75) is 13.0 Å². The quantitative estimate of drug-likeness (QED) is 0.791. The fourth-order valence-electron chi connectivity index (χ4n) is 1.78. The average Bonchev–Trinajstić information content (AvgIpc) is 2.84. The van der Waals surface area contributed by atoms with Gasteiger partial charge in [0.05, 0.1) is 12.1 Å². The first-order valence-electron chi connectivity index (χ1n) is 5.21. The summed E-state index contributed by atoms with van der Waals surface area (Å²) < 4.78 is 1.73. The molecule has 2 rings (SSSR count). The van der Waals surface area contributed by atoms with Gasteiger partial charge in [-0.1, -0.05) is 0 Å². The Morgan fingerprint density at radius 1 is 1.75 bits per heavy atom. The Bertz CT molecular complexity index is 346. The molecule has 1 unspecified atom stereocenters.